The maximum Gasteiger partial charge on any atom is 0.188 e. The van der Waals surface area contributed by atoms with Crippen LogP contribution in [0.15, 0.2) is 28.0 Å². The highest BCUT2D eigenvalue weighted by Gasteiger charge is 2.13. The molecule has 3 rings (SSSR count). The Hall–Kier alpha value is -1.40. The summed E-state index contributed by atoms with van der Waals surface area (Å²) in [6.07, 6.45) is 0. The molecule has 0 unspecified atom stereocenters. The molecule has 114 valence electrons. The SMILES string of the molecule is Cc1cc(C)n2c(Br)c(CSc3nc(C)cc(C)n3)nc2c1. The fraction of sp³-hybridized carbons (Fsp3) is 0.312. The van der Waals surface area contributed by atoms with E-state index in [2.05, 4.69) is 56.3 Å². The second-order valence-corrected chi connectivity index (χ2v) is 7.13. The summed E-state index contributed by atoms with van der Waals surface area (Å²) in [5, 5.41) is 0.800. The van der Waals surface area contributed by atoms with Crippen molar-refractivity contribution in [2.75, 3.05) is 0 Å². The van der Waals surface area contributed by atoms with Crippen molar-refractivity contribution in [1.82, 2.24) is 19.4 Å². The van der Waals surface area contributed by atoms with Crippen molar-refractivity contribution in [2.45, 2.75) is 38.6 Å². The van der Waals surface area contributed by atoms with Gasteiger partial charge in [0.25, 0.3) is 0 Å². The Bertz CT molecular complexity index is 837. The zero-order valence-electron chi connectivity index (χ0n) is 13.0. The molecule has 3 aromatic rings. The van der Waals surface area contributed by atoms with Crippen LogP contribution in [0.1, 0.15) is 28.3 Å². The normalized spacial score (nSPS) is 11.3. The second-order valence-electron chi connectivity index (χ2n) is 5.44. The van der Waals surface area contributed by atoms with Crippen LogP contribution in [-0.4, -0.2) is 19.4 Å². The molecule has 0 aliphatic rings. The van der Waals surface area contributed by atoms with Gasteiger partial charge in [0.15, 0.2) is 5.16 Å². The Morgan fingerprint density at radius 3 is 2.36 bits per heavy atom. The highest BCUT2D eigenvalue weighted by Crippen LogP contribution is 2.27. The highest BCUT2D eigenvalue weighted by atomic mass is 79.9. The maximum absolute atomic E-state index is 4.73. The van der Waals surface area contributed by atoms with Gasteiger partial charge in [-0.15, -0.1) is 0 Å². The summed E-state index contributed by atoms with van der Waals surface area (Å²) in [6, 6.07) is 6.24. The molecule has 0 aliphatic carbocycles. The Morgan fingerprint density at radius 2 is 1.68 bits per heavy atom. The molecule has 0 radical (unpaired) electrons. The van der Waals surface area contributed by atoms with Gasteiger partial charge in [-0.2, -0.15) is 0 Å². The molecule has 4 nitrogen and oxygen atoms in total. The van der Waals surface area contributed by atoms with Gasteiger partial charge >= 0.3 is 0 Å². The summed E-state index contributed by atoms with van der Waals surface area (Å²) < 4.78 is 3.14. The smallest absolute Gasteiger partial charge is 0.188 e. The van der Waals surface area contributed by atoms with E-state index < -0.39 is 0 Å². The van der Waals surface area contributed by atoms with Crippen LogP contribution in [0.3, 0.4) is 0 Å². The first-order chi connectivity index (χ1) is 10.4. The average Bonchev–Trinajstić information content (AvgIpc) is 2.71. The number of halogens is 1. The largest absolute Gasteiger partial charge is 0.291 e. The fourth-order valence-electron chi connectivity index (χ4n) is 2.52. The Morgan fingerprint density at radius 1 is 1.00 bits per heavy atom. The number of rotatable bonds is 3. The molecule has 0 saturated heterocycles. The molecule has 22 heavy (non-hydrogen) atoms. The molecule has 0 saturated carbocycles. The highest BCUT2D eigenvalue weighted by molar-refractivity contribution is 9.10. The molecular formula is C16H17BrN4S. The topological polar surface area (TPSA) is 43.1 Å². The molecular weight excluding hydrogens is 360 g/mol. The summed E-state index contributed by atoms with van der Waals surface area (Å²) in [7, 11) is 0. The van der Waals surface area contributed by atoms with Crippen molar-refractivity contribution in [3.8, 4) is 0 Å². The van der Waals surface area contributed by atoms with Crippen LogP contribution in [0.25, 0.3) is 5.65 Å². The molecule has 0 amide bonds. The van der Waals surface area contributed by atoms with E-state index in [0.717, 1.165) is 38.2 Å². The quantitative estimate of drug-likeness (QED) is 0.501. The molecule has 0 aliphatic heterocycles. The molecule has 0 N–H and O–H groups in total. The monoisotopic (exact) mass is 376 g/mol. The van der Waals surface area contributed by atoms with E-state index in [0.29, 0.717) is 0 Å². The van der Waals surface area contributed by atoms with Gasteiger partial charge in [0.2, 0.25) is 0 Å². The Kier molecular flexibility index (Phi) is 4.23. The number of aryl methyl sites for hydroxylation is 4. The van der Waals surface area contributed by atoms with Crippen LogP contribution in [0, 0.1) is 27.7 Å². The summed E-state index contributed by atoms with van der Waals surface area (Å²) >= 11 is 5.29. The lowest BCUT2D eigenvalue weighted by Crippen LogP contribution is -1.94. The van der Waals surface area contributed by atoms with E-state index >= 15 is 0 Å². The predicted molar refractivity (Wildman–Crippen MR) is 93.4 cm³/mol. The summed E-state index contributed by atoms with van der Waals surface area (Å²) in [4.78, 5) is 13.7. The number of hydrogen-bond acceptors (Lipinski definition) is 4. The summed E-state index contributed by atoms with van der Waals surface area (Å²) in [6.45, 7) is 8.17. The van der Waals surface area contributed by atoms with Crippen LogP contribution in [0.2, 0.25) is 0 Å². The lowest BCUT2D eigenvalue weighted by atomic mass is 10.2. The molecule has 6 heteroatoms. The Labute approximate surface area is 142 Å². The van der Waals surface area contributed by atoms with Gasteiger partial charge in [0.1, 0.15) is 10.3 Å². The van der Waals surface area contributed by atoms with Crippen molar-refractivity contribution in [3.63, 3.8) is 0 Å². The van der Waals surface area contributed by atoms with Crippen molar-refractivity contribution < 1.29 is 0 Å². The minimum absolute atomic E-state index is 0.740. The number of hydrogen-bond donors (Lipinski definition) is 0. The third-order valence-corrected chi connectivity index (χ3v) is 5.03. The van der Waals surface area contributed by atoms with Crippen molar-refractivity contribution in [2.24, 2.45) is 0 Å². The molecule has 0 aromatic carbocycles. The molecule has 0 bridgehead atoms. The lowest BCUT2D eigenvalue weighted by molar-refractivity contribution is 0.901. The average molecular weight is 377 g/mol. The summed E-state index contributed by atoms with van der Waals surface area (Å²) in [5.74, 6) is 0.740. The second kappa shape index (κ2) is 6.01. The number of nitrogens with zero attached hydrogens (tertiary/aromatic N) is 4. The van der Waals surface area contributed by atoms with Gasteiger partial charge in [-0.05, 0) is 67.4 Å². The summed E-state index contributed by atoms with van der Waals surface area (Å²) in [5.41, 5.74) is 6.38. The Balaban J connectivity index is 1.91. The van der Waals surface area contributed by atoms with Gasteiger partial charge in [0.05, 0.1) is 5.69 Å². The van der Waals surface area contributed by atoms with Crippen LogP contribution >= 0.6 is 27.7 Å². The van der Waals surface area contributed by atoms with Crippen LogP contribution in [0.4, 0.5) is 0 Å². The molecule has 0 atom stereocenters. The fourth-order valence-corrected chi connectivity index (χ4v) is 4.28. The van der Waals surface area contributed by atoms with Gasteiger partial charge in [-0.1, -0.05) is 11.8 Å². The predicted octanol–water partition coefficient (Wildman–Crippen LogP) is 4.41. The first-order valence-electron chi connectivity index (χ1n) is 7.03. The molecule has 0 spiro atoms. The van der Waals surface area contributed by atoms with Crippen molar-refractivity contribution in [1.29, 1.82) is 0 Å². The zero-order valence-corrected chi connectivity index (χ0v) is 15.4. The van der Waals surface area contributed by atoms with E-state index in [1.807, 2.05) is 19.9 Å². The number of pyridine rings is 1. The van der Waals surface area contributed by atoms with Gasteiger partial charge in [-0.25, -0.2) is 15.0 Å². The van der Waals surface area contributed by atoms with Crippen molar-refractivity contribution >= 4 is 33.3 Å². The lowest BCUT2D eigenvalue weighted by Gasteiger charge is -2.03. The first-order valence-corrected chi connectivity index (χ1v) is 8.81. The van der Waals surface area contributed by atoms with E-state index in [1.165, 1.54) is 11.3 Å². The number of thioether (sulfide) groups is 1. The van der Waals surface area contributed by atoms with E-state index in [1.54, 1.807) is 11.8 Å². The zero-order chi connectivity index (χ0) is 15.9. The van der Waals surface area contributed by atoms with Crippen LogP contribution < -0.4 is 0 Å². The number of imidazole rings is 1. The van der Waals surface area contributed by atoms with E-state index in [9.17, 15) is 0 Å². The van der Waals surface area contributed by atoms with Crippen LogP contribution in [0.5, 0.6) is 0 Å². The van der Waals surface area contributed by atoms with Gasteiger partial charge in [-0.3, -0.25) is 4.40 Å². The van der Waals surface area contributed by atoms with Gasteiger partial charge in [0, 0.05) is 22.8 Å². The van der Waals surface area contributed by atoms with E-state index in [-0.39, 0.29) is 0 Å². The molecule has 3 aromatic heterocycles. The molecule has 3 heterocycles. The minimum atomic E-state index is 0.740. The van der Waals surface area contributed by atoms with E-state index in [4.69, 9.17) is 4.98 Å². The van der Waals surface area contributed by atoms with Gasteiger partial charge < -0.3 is 0 Å². The number of fused-ring (bicyclic) bond motifs is 1. The minimum Gasteiger partial charge on any atom is -0.291 e. The molecule has 0 fully saturated rings. The number of aromatic nitrogens is 4. The third-order valence-electron chi connectivity index (χ3n) is 3.36. The first kappa shape index (κ1) is 15.5. The standard InChI is InChI=1S/C16H17BrN4S/c1-9-5-12(4)21-14(6-9)20-13(15(21)17)8-22-16-18-10(2)7-11(3)19-16/h5-7H,8H2,1-4H3. The maximum atomic E-state index is 4.73. The van der Waals surface area contributed by atoms with Crippen molar-refractivity contribution in [3.05, 3.63) is 51.1 Å². The van der Waals surface area contributed by atoms with Crippen LogP contribution in [-0.2, 0) is 5.75 Å². The third kappa shape index (κ3) is 3.03.